The molecule has 0 N–H and O–H groups in total. The number of methoxy groups -OCH3 is 1. The summed E-state index contributed by atoms with van der Waals surface area (Å²) >= 11 is 8.16. The number of thiophene rings is 1. The van der Waals surface area contributed by atoms with E-state index >= 15 is 0 Å². The van der Waals surface area contributed by atoms with Gasteiger partial charge in [0.1, 0.15) is 6.61 Å². The first-order chi connectivity index (χ1) is 9.15. The molecule has 1 aromatic heterocycles. The van der Waals surface area contributed by atoms with Gasteiger partial charge >= 0.3 is 0 Å². The monoisotopic (exact) mass is 414 g/mol. The second-order valence-corrected chi connectivity index (χ2v) is 7.42. The molecule has 0 fully saturated rings. The summed E-state index contributed by atoms with van der Waals surface area (Å²) in [6.07, 6.45) is 0.866. The highest BCUT2D eigenvalue weighted by molar-refractivity contribution is 9.12. The number of ether oxygens (including phenoxy) is 3. The quantitative estimate of drug-likeness (QED) is 0.433. The molecule has 1 heterocycles. The molecule has 0 aliphatic carbocycles. The summed E-state index contributed by atoms with van der Waals surface area (Å²) in [5.41, 5.74) is 0.651. The van der Waals surface area contributed by atoms with E-state index in [9.17, 15) is 4.79 Å². The van der Waals surface area contributed by atoms with Crippen LogP contribution in [0.5, 0.6) is 0 Å². The van der Waals surface area contributed by atoms with Crippen LogP contribution in [0.15, 0.2) is 13.6 Å². The Morgan fingerprint density at radius 2 is 1.95 bits per heavy atom. The van der Waals surface area contributed by atoms with Crippen LogP contribution in [0.4, 0.5) is 0 Å². The van der Waals surface area contributed by atoms with Crippen LogP contribution >= 0.6 is 43.2 Å². The Bertz CT molecular complexity index is 395. The topological polar surface area (TPSA) is 44.8 Å². The zero-order valence-electron chi connectivity index (χ0n) is 10.6. The third-order valence-electron chi connectivity index (χ3n) is 2.20. The summed E-state index contributed by atoms with van der Waals surface area (Å²) in [5, 5.41) is 0. The summed E-state index contributed by atoms with van der Waals surface area (Å²) < 4.78 is 17.2. The molecule has 0 aliphatic rings. The van der Waals surface area contributed by atoms with E-state index < -0.39 is 0 Å². The standard InChI is InChI=1S/C12H16Br2O4S/c1-16-3-2-4-17-5-6-18-8-10(15)9-7-11(13)19-12(9)14/h7H,2-6,8H2,1H3. The lowest BCUT2D eigenvalue weighted by molar-refractivity contribution is 0.0382. The van der Waals surface area contributed by atoms with Crippen molar-refractivity contribution in [3.8, 4) is 0 Å². The normalized spacial score (nSPS) is 10.9. The molecule has 4 nitrogen and oxygen atoms in total. The molecule has 19 heavy (non-hydrogen) atoms. The molecule has 1 aromatic rings. The smallest absolute Gasteiger partial charge is 0.190 e. The van der Waals surface area contributed by atoms with Crippen molar-refractivity contribution in [1.29, 1.82) is 0 Å². The van der Waals surface area contributed by atoms with E-state index in [0.717, 1.165) is 14.0 Å². The van der Waals surface area contributed by atoms with Gasteiger partial charge in [-0.15, -0.1) is 11.3 Å². The van der Waals surface area contributed by atoms with E-state index in [1.54, 1.807) is 13.2 Å². The van der Waals surface area contributed by atoms with E-state index in [0.29, 0.717) is 32.0 Å². The van der Waals surface area contributed by atoms with Crippen LogP contribution in [0, 0.1) is 0 Å². The average molecular weight is 416 g/mol. The summed E-state index contributed by atoms with van der Waals surface area (Å²) in [4.78, 5) is 11.8. The lowest BCUT2D eigenvalue weighted by atomic mass is 10.2. The van der Waals surface area contributed by atoms with Crippen molar-refractivity contribution >= 4 is 49.0 Å². The Balaban J connectivity index is 2.09. The first-order valence-electron chi connectivity index (χ1n) is 5.77. The number of carbonyl (C=O) groups is 1. The van der Waals surface area contributed by atoms with Gasteiger partial charge in [0.25, 0.3) is 0 Å². The molecule has 0 unspecified atom stereocenters. The SMILES string of the molecule is COCCCOCCOCC(=O)c1cc(Br)sc1Br. The van der Waals surface area contributed by atoms with Gasteiger partial charge in [0.05, 0.1) is 20.8 Å². The minimum atomic E-state index is -0.0341. The van der Waals surface area contributed by atoms with Gasteiger partial charge in [0, 0.05) is 25.9 Å². The molecule has 0 spiro atoms. The van der Waals surface area contributed by atoms with Crippen LogP contribution in [0.2, 0.25) is 0 Å². The van der Waals surface area contributed by atoms with Gasteiger partial charge in [-0.3, -0.25) is 4.79 Å². The number of ketones is 1. The predicted octanol–water partition coefficient (Wildman–Crippen LogP) is 3.53. The fourth-order valence-corrected chi connectivity index (χ4v) is 4.15. The van der Waals surface area contributed by atoms with Crippen molar-refractivity contribution in [2.24, 2.45) is 0 Å². The number of rotatable bonds is 10. The summed E-state index contributed by atoms with van der Waals surface area (Å²) in [6, 6.07) is 1.79. The molecule has 0 amide bonds. The van der Waals surface area contributed by atoms with Gasteiger partial charge in [0.15, 0.2) is 5.78 Å². The van der Waals surface area contributed by atoms with Crippen LogP contribution in [-0.4, -0.2) is 45.9 Å². The molecule has 0 saturated carbocycles. The highest BCUT2D eigenvalue weighted by Gasteiger charge is 2.13. The molecular weight excluding hydrogens is 400 g/mol. The molecule has 0 atom stereocenters. The zero-order chi connectivity index (χ0) is 14.1. The molecule has 0 aliphatic heterocycles. The van der Waals surface area contributed by atoms with Crippen molar-refractivity contribution in [1.82, 2.24) is 0 Å². The van der Waals surface area contributed by atoms with Crippen molar-refractivity contribution in [2.75, 3.05) is 40.1 Å². The van der Waals surface area contributed by atoms with Gasteiger partial charge in [0.2, 0.25) is 0 Å². The fourth-order valence-electron chi connectivity index (χ4n) is 1.30. The maximum absolute atomic E-state index is 11.8. The van der Waals surface area contributed by atoms with Crippen LogP contribution in [0.3, 0.4) is 0 Å². The molecule has 108 valence electrons. The summed E-state index contributed by atoms with van der Waals surface area (Å²) in [6.45, 7) is 2.32. The van der Waals surface area contributed by atoms with E-state index in [1.165, 1.54) is 11.3 Å². The highest BCUT2D eigenvalue weighted by Crippen LogP contribution is 2.32. The van der Waals surface area contributed by atoms with Crippen LogP contribution in [0.1, 0.15) is 16.8 Å². The van der Waals surface area contributed by atoms with Gasteiger partial charge in [-0.1, -0.05) is 0 Å². The first-order valence-corrected chi connectivity index (χ1v) is 8.18. The Morgan fingerprint density at radius 1 is 1.21 bits per heavy atom. The Morgan fingerprint density at radius 3 is 2.58 bits per heavy atom. The Kier molecular flexibility index (Phi) is 9.10. The van der Waals surface area contributed by atoms with Crippen molar-refractivity contribution in [3.63, 3.8) is 0 Å². The number of hydrogen-bond acceptors (Lipinski definition) is 5. The van der Waals surface area contributed by atoms with Gasteiger partial charge in [-0.05, 0) is 44.3 Å². The summed E-state index contributed by atoms with van der Waals surface area (Å²) in [5.74, 6) is -0.0341. The largest absolute Gasteiger partial charge is 0.385 e. The average Bonchev–Trinajstić information content (AvgIpc) is 2.71. The molecule has 0 aromatic carbocycles. The van der Waals surface area contributed by atoms with Gasteiger partial charge in [-0.25, -0.2) is 0 Å². The molecule has 0 radical (unpaired) electrons. The second-order valence-electron chi connectivity index (χ2n) is 3.67. The minimum absolute atomic E-state index is 0.0341. The summed E-state index contributed by atoms with van der Waals surface area (Å²) in [7, 11) is 1.66. The first kappa shape index (κ1) is 17.3. The molecule has 1 rings (SSSR count). The second kappa shape index (κ2) is 10.0. The van der Waals surface area contributed by atoms with Gasteiger partial charge in [-0.2, -0.15) is 0 Å². The van der Waals surface area contributed by atoms with Crippen molar-refractivity contribution in [2.45, 2.75) is 6.42 Å². The number of carbonyl (C=O) groups excluding carboxylic acids is 1. The Hall–Kier alpha value is 0.210. The van der Waals surface area contributed by atoms with E-state index in [2.05, 4.69) is 31.9 Å². The fraction of sp³-hybridized carbons (Fsp3) is 0.583. The lowest BCUT2D eigenvalue weighted by Gasteiger charge is -2.05. The van der Waals surface area contributed by atoms with Crippen molar-refractivity contribution in [3.05, 3.63) is 19.2 Å². The van der Waals surface area contributed by atoms with Crippen LogP contribution in [-0.2, 0) is 14.2 Å². The number of Topliss-reactive ketones (excluding diaryl/α,β-unsaturated/α-hetero) is 1. The Labute approximate surface area is 133 Å². The van der Waals surface area contributed by atoms with Crippen molar-refractivity contribution < 1.29 is 19.0 Å². The maximum Gasteiger partial charge on any atom is 0.190 e. The van der Waals surface area contributed by atoms with Crippen LogP contribution < -0.4 is 0 Å². The molecular formula is C12H16Br2O4S. The molecule has 7 heteroatoms. The van der Waals surface area contributed by atoms with E-state index in [-0.39, 0.29) is 12.4 Å². The van der Waals surface area contributed by atoms with Crippen LogP contribution in [0.25, 0.3) is 0 Å². The maximum atomic E-state index is 11.8. The van der Waals surface area contributed by atoms with Gasteiger partial charge < -0.3 is 14.2 Å². The predicted molar refractivity (Wildman–Crippen MR) is 82.2 cm³/mol. The third kappa shape index (κ3) is 6.97. The molecule has 0 saturated heterocycles. The minimum Gasteiger partial charge on any atom is -0.385 e. The lowest BCUT2D eigenvalue weighted by Crippen LogP contribution is -2.13. The molecule has 0 bridgehead atoms. The third-order valence-corrected chi connectivity index (χ3v) is 4.54. The van der Waals surface area contributed by atoms with E-state index in [1.807, 2.05) is 0 Å². The zero-order valence-corrected chi connectivity index (χ0v) is 14.6. The number of hydrogen-bond donors (Lipinski definition) is 0. The highest BCUT2D eigenvalue weighted by atomic mass is 79.9. The van der Waals surface area contributed by atoms with E-state index in [4.69, 9.17) is 14.2 Å². The number of halogens is 2.